The molecule has 0 fully saturated rings. The van der Waals surface area contributed by atoms with Crippen LogP contribution in [-0.2, 0) is 49.3 Å². The third-order valence-electron chi connectivity index (χ3n) is 10.2. The van der Waals surface area contributed by atoms with Gasteiger partial charge in [-0.2, -0.15) is 0 Å². The minimum atomic E-state index is -0.570. The van der Waals surface area contributed by atoms with Gasteiger partial charge in [-0.15, -0.1) is 0 Å². The quantitative estimate of drug-likeness (QED) is 0.0255. The molecule has 1 aliphatic heterocycles. The highest BCUT2D eigenvalue weighted by Crippen LogP contribution is 2.43. The molecular formula is C50H61N4O12+. The number of carbonyl (C=O) groups is 5. The van der Waals surface area contributed by atoms with Crippen molar-refractivity contribution in [2.24, 2.45) is 0 Å². The molecule has 0 amide bonds. The first kappa shape index (κ1) is 49.9. The maximum absolute atomic E-state index is 13.0. The Morgan fingerprint density at radius 2 is 1.17 bits per heavy atom. The smallest absolute Gasteiger partial charge is 0.325 e. The van der Waals surface area contributed by atoms with E-state index in [-0.39, 0.29) is 78.0 Å². The predicted molar refractivity (Wildman–Crippen MR) is 252 cm³/mol. The Balaban J connectivity index is 1.61. The van der Waals surface area contributed by atoms with E-state index in [1.165, 1.54) is 11.8 Å². The summed E-state index contributed by atoms with van der Waals surface area (Å²) >= 11 is 0. The largest absolute Gasteiger partial charge is 0.488 e. The molecule has 1 aliphatic carbocycles. The third kappa shape index (κ3) is 13.2. The summed E-state index contributed by atoms with van der Waals surface area (Å²) in [6.45, 7) is 7.59. The average molecular weight is 910 g/mol. The fraction of sp³-hybridized carbons (Fsp3) is 0.400. The van der Waals surface area contributed by atoms with Gasteiger partial charge in [0.25, 0.3) is 0 Å². The van der Waals surface area contributed by atoms with Crippen molar-refractivity contribution in [3.05, 3.63) is 83.7 Å². The molecule has 2 aliphatic rings. The van der Waals surface area contributed by atoms with Crippen LogP contribution in [0.3, 0.4) is 0 Å². The van der Waals surface area contributed by atoms with E-state index in [1.807, 2.05) is 86.2 Å². The van der Waals surface area contributed by atoms with Crippen LogP contribution < -0.4 is 34.1 Å². The van der Waals surface area contributed by atoms with Gasteiger partial charge in [0, 0.05) is 54.8 Å². The molecule has 3 aromatic rings. The molecule has 5 rings (SSSR count). The van der Waals surface area contributed by atoms with Crippen molar-refractivity contribution in [3.63, 3.8) is 0 Å². The van der Waals surface area contributed by atoms with Gasteiger partial charge in [-0.1, -0.05) is 12.1 Å². The van der Waals surface area contributed by atoms with Gasteiger partial charge >= 0.3 is 23.9 Å². The first-order valence-electron chi connectivity index (χ1n) is 22.0. The number of nitrogens with zero attached hydrogens (tertiary/aromatic N) is 4. The van der Waals surface area contributed by atoms with Crippen LogP contribution in [0.4, 0.5) is 17.1 Å². The van der Waals surface area contributed by atoms with Crippen LogP contribution in [-0.4, -0.2) is 124 Å². The molecule has 0 N–H and O–H groups in total. The lowest BCUT2D eigenvalue weighted by Crippen LogP contribution is -2.36. The summed E-state index contributed by atoms with van der Waals surface area (Å²) in [5.74, 6) is -1.03. The minimum absolute atomic E-state index is 0.0398. The summed E-state index contributed by atoms with van der Waals surface area (Å²) < 4.78 is 42.5. The Labute approximate surface area is 385 Å². The topological polar surface area (TPSA) is 167 Å². The van der Waals surface area contributed by atoms with E-state index in [1.54, 1.807) is 56.9 Å². The van der Waals surface area contributed by atoms with Crippen molar-refractivity contribution < 1.29 is 56.8 Å². The second kappa shape index (κ2) is 23.7. The standard InChI is InChI=1S/C50H61N4O12/c1-10-60-46(56)29-53(30-47(57)61-11-2)40-20-15-35(50-38-18-16-36(51(6)7)27-43(38)66-44-28-37(52(8)9)17-19-39(44)50)26-45(40)65-23-22-64-42-21-14-34(24-33(5)55)25-41(42)54(31-48(58)62-12-3)32-49(59)63-13-4/h14-21,25-28H,10-13,22-24,29-32H2,1-9H3/q+1. The lowest BCUT2D eigenvalue weighted by atomic mass is 9.93. The number of carbonyl (C=O) groups excluding carboxylic acids is 5. The molecule has 0 saturated carbocycles. The molecule has 0 saturated heterocycles. The average Bonchev–Trinajstić information content (AvgIpc) is 3.26. The number of rotatable bonds is 23. The van der Waals surface area contributed by atoms with Crippen molar-refractivity contribution in [2.75, 3.05) is 109 Å². The molecule has 66 heavy (non-hydrogen) atoms. The molecule has 0 atom stereocenters. The fourth-order valence-electron chi connectivity index (χ4n) is 7.32. The first-order valence-corrected chi connectivity index (χ1v) is 22.0. The Bertz CT molecular complexity index is 2520. The number of fused-ring (bicyclic) bond motifs is 2. The van der Waals surface area contributed by atoms with E-state index in [9.17, 15) is 24.0 Å². The highest BCUT2D eigenvalue weighted by Gasteiger charge is 2.25. The summed E-state index contributed by atoms with van der Waals surface area (Å²) in [5.41, 5.74) is 5.53. The van der Waals surface area contributed by atoms with Crippen molar-refractivity contribution in [1.82, 2.24) is 4.58 Å². The number of ketones is 1. The molecule has 0 radical (unpaired) electrons. The summed E-state index contributed by atoms with van der Waals surface area (Å²) in [5, 5.41) is 1.80. The molecule has 16 heteroatoms. The zero-order chi connectivity index (χ0) is 47.9. The number of esters is 4. The molecule has 352 valence electrons. The van der Waals surface area contributed by atoms with E-state index < -0.39 is 23.9 Å². The SMILES string of the molecule is CCOC(=O)CN(CC(=O)OCC)c1ccc(-c2c3ccc(=[N+](C)C)cc-3oc3cc(N(C)C)ccc23)cc1OCCOc1ccc(CC(C)=O)cc1N(CC(=O)OCC)CC(=O)OCC. The fourth-order valence-corrected chi connectivity index (χ4v) is 7.32. The van der Waals surface area contributed by atoms with Crippen LogP contribution >= 0.6 is 0 Å². The van der Waals surface area contributed by atoms with Crippen molar-refractivity contribution >= 4 is 57.7 Å². The van der Waals surface area contributed by atoms with Crippen LogP contribution in [0.5, 0.6) is 11.5 Å². The van der Waals surface area contributed by atoms with Gasteiger partial charge in [0.1, 0.15) is 82.1 Å². The highest BCUT2D eigenvalue weighted by atomic mass is 16.5. The van der Waals surface area contributed by atoms with Gasteiger partial charge in [-0.25, -0.2) is 4.58 Å². The van der Waals surface area contributed by atoms with Gasteiger partial charge in [-0.3, -0.25) is 24.0 Å². The van der Waals surface area contributed by atoms with Gasteiger partial charge in [0.05, 0.1) is 43.9 Å². The van der Waals surface area contributed by atoms with Crippen LogP contribution in [0, 0.1) is 0 Å². The lowest BCUT2D eigenvalue weighted by molar-refractivity contribution is -0.144. The monoisotopic (exact) mass is 909 g/mol. The van der Waals surface area contributed by atoms with Crippen LogP contribution in [0.2, 0.25) is 0 Å². The van der Waals surface area contributed by atoms with Crippen LogP contribution in [0.15, 0.2) is 77.2 Å². The van der Waals surface area contributed by atoms with Gasteiger partial charge < -0.3 is 47.5 Å². The maximum Gasteiger partial charge on any atom is 0.325 e. The third-order valence-corrected chi connectivity index (χ3v) is 10.2. The number of hydrogen-bond donors (Lipinski definition) is 0. The van der Waals surface area contributed by atoms with E-state index in [2.05, 4.69) is 0 Å². The minimum Gasteiger partial charge on any atom is -0.488 e. The molecule has 0 aromatic heterocycles. The second-order valence-corrected chi connectivity index (χ2v) is 15.6. The van der Waals surface area contributed by atoms with Crippen LogP contribution in [0.1, 0.15) is 40.2 Å². The highest BCUT2D eigenvalue weighted by molar-refractivity contribution is 6.03. The molecule has 0 bridgehead atoms. The molecule has 0 spiro atoms. The van der Waals surface area contributed by atoms with Gasteiger partial charge in [-0.05, 0) is 88.2 Å². The Morgan fingerprint density at radius 1 is 0.606 bits per heavy atom. The normalized spacial score (nSPS) is 10.9. The number of hydrogen-bond acceptors (Lipinski definition) is 15. The molecule has 1 heterocycles. The first-order chi connectivity index (χ1) is 31.6. The number of benzene rings is 4. The molecule has 3 aromatic carbocycles. The zero-order valence-electron chi connectivity index (χ0n) is 39.4. The van der Waals surface area contributed by atoms with Crippen molar-refractivity contribution in [1.29, 1.82) is 0 Å². The Kier molecular flexibility index (Phi) is 17.9. The van der Waals surface area contributed by atoms with E-state index in [4.69, 9.17) is 32.8 Å². The second-order valence-electron chi connectivity index (χ2n) is 15.6. The number of anilines is 3. The summed E-state index contributed by atoms with van der Waals surface area (Å²) in [6, 6.07) is 22.7. The van der Waals surface area contributed by atoms with E-state index in [0.29, 0.717) is 39.8 Å². The van der Waals surface area contributed by atoms with E-state index >= 15 is 0 Å². The zero-order valence-corrected chi connectivity index (χ0v) is 39.4. The lowest BCUT2D eigenvalue weighted by Gasteiger charge is -2.27. The summed E-state index contributed by atoms with van der Waals surface area (Å²) in [7, 11) is 7.85. The van der Waals surface area contributed by atoms with E-state index in [0.717, 1.165) is 33.1 Å². The Morgan fingerprint density at radius 3 is 1.70 bits per heavy atom. The Hall–Kier alpha value is -7.10. The number of Topliss-reactive ketones (excluding diaryl/α,β-unsaturated/α-hetero) is 1. The maximum atomic E-state index is 13.0. The predicted octanol–water partition coefficient (Wildman–Crippen LogP) is 5.76. The van der Waals surface area contributed by atoms with Crippen molar-refractivity contribution in [3.8, 4) is 33.9 Å². The van der Waals surface area contributed by atoms with Gasteiger partial charge in [0.2, 0.25) is 5.36 Å². The molecular weight excluding hydrogens is 849 g/mol. The summed E-state index contributed by atoms with van der Waals surface area (Å²) in [4.78, 5) is 68.9. The number of ether oxygens (including phenoxy) is 6. The van der Waals surface area contributed by atoms with Crippen molar-refractivity contribution in [2.45, 2.75) is 41.0 Å². The van der Waals surface area contributed by atoms with Crippen LogP contribution in [0.25, 0.3) is 33.4 Å². The molecule has 0 unspecified atom stereocenters. The molecule has 16 nitrogen and oxygen atoms in total. The summed E-state index contributed by atoms with van der Waals surface area (Å²) in [6.07, 6.45) is 0.115. The van der Waals surface area contributed by atoms with Gasteiger partial charge in [0.15, 0.2) is 0 Å².